The summed E-state index contributed by atoms with van der Waals surface area (Å²) in [5.41, 5.74) is 0.721. The number of Topliss-reactive ketones (excluding diaryl/α,β-unsaturated/α-hetero) is 1. The summed E-state index contributed by atoms with van der Waals surface area (Å²) in [5, 5.41) is 7.56. The number of amides is 3. The van der Waals surface area contributed by atoms with Crippen molar-refractivity contribution in [2.75, 3.05) is 13.2 Å². The van der Waals surface area contributed by atoms with Gasteiger partial charge in [-0.1, -0.05) is 44.2 Å². The van der Waals surface area contributed by atoms with Crippen LogP contribution in [0.15, 0.2) is 36.4 Å². The first-order valence-corrected chi connectivity index (χ1v) is 13.0. The van der Waals surface area contributed by atoms with Gasteiger partial charge in [0.15, 0.2) is 23.2 Å². The molecule has 1 saturated heterocycles. The number of benzene rings is 2. The average molecular weight is 582 g/mol. The highest BCUT2D eigenvalue weighted by atomic mass is 19.2. The molecule has 3 amide bonds. The Kier molecular flexibility index (Phi) is 11.1. The molecule has 1 aliphatic heterocycles. The lowest BCUT2D eigenvalue weighted by atomic mass is 9.95. The maximum atomic E-state index is 14.0. The zero-order valence-electron chi connectivity index (χ0n) is 22.5. The third kappa shape index (κ3) is 8.92. The number of alkyl carbamates (subject to hydrolysis) is 1. The van der Waals surface area contributed by atoms with E-state index in [1.807, 2.05) is 0 Å². The van der Waals surface area contributed by atoms with E-state index in [-0.39, 0.29) is 37.3 Å². The quantitative estimate of drug-likeness (QED) is 0.246. The maximum absolute atomic E-state index is 14.0. The highest BCUT2D eigenvalue weighted by molar-refractivity contribution is 5.93. The number of halogens is 4. The van der Waals surface area contributed by atoms with Crippen molar-refractivity contribution in [3.05, 3.63) is 65.2 Å². The molecule has 0 spiro atoms. The summed E-state index contributed by atoms with van der Waals surface area (Å²) in [6.07, 6.45) is -0.547. The number of nitrogens with one attached hydrogen (secondary N) is 3. The number of ketones is 1. The molecular weight excluding hydrogens is 550 g/mol. The van der Waals surface area contributed by atoms with Gasteiger partial charge in [-0.3, -0.25) is 14.4 Å². The number of hydrogen-bond acceptors (Lipinski definition) is 6. The Hall–Kier alpha value is -4.16. The van der Waals surface area contributed by atoms with Crippen LogP contribution in [-0.4, -0.2) is 48.9 Å². The minimum absolute atomic E-state index is 0.00615. The fraction of sp³-hybridized carbons (Fsp3) is 0.429. The molecule has 13 heteroatoms. The van der Waals surface area contributed by atoms with E-state index in [1.54, 1.807) is 44.2 Å². The molecule has 3 rings (SSSR count). The molecular formula is C28H31F4N3O6. The highest BCUT2D eigenvalue weighted by Gasteiger charge is 2.34. The van der Waals surface area contributed by atoms with Gasteiger partial charge >= 0.3 is 6.09 Å². The molecule has 0 saturated carbocycles. The van der Waals surface area contributed by atoms with Gasteiger partial charge in [-0.05, 0) is 30.7 Å². The highest BCUT2D eigenvalue weighted by Crippen LogP contribution is 2.27. The van der Waals surface area contributed by atoms with Gasteiger partial charge in [-0.15, -0.1) is 0 Å². The lowest BCUT2D eigenvalue weighted by Crippen LogP contribution is -2.53. The molecule has 222 valence electrons. The van der Waals surface area contributed by atoms with Gasteiger partial charge in [0.25, 0.3) is 0 Å². The first kappa shape index (κ1) is 31.4. The van der Waals surface area contributed by atoms with Gasteiger partial charge in [0.1, 0.15) is 19.3 Å². The van der Waals surface area contributed by atoms with Gasteiger partial charge in [-0.2, -0.15) is 8.78 Å². The predicted molar refractivity (Wildman–Crippen MR) is 137 cm³/mol. The Morgan fingerprint density at radius 2 is 1.66 bits per heavy atom. The van der Waals surface area contributed by atoms with Crippen molar-refractivity contribution in [2.24, 2.45) is 11.8 Å². The topological polar surface area (TPSA) is 123 Å². The Labute approximate surface area is 234 Å². The van der Waals surface area contributed by atoms with Crippen LogP contribution in [0.2, 0.25) is 0 Å². The Bertz CT molecular complexity index is 1230. The molecule has 1 fully saturated rings. The SMILES string of the molecule is CC(C)C[C@H](NC(=O)OCc1ccccc1)C(=O)N[C@@H](C[C@@H]1CCNC1=O)C(=O)COc1c(F)c(F)cc(F)c1F. The molecule has 3 atom stereocenters. The van der Waals surface area contributed by atoms with E-state index >= 15 is 0 Å². The van der Waals surface area contributed by atoms with E-state index < -0.39 is 71.4 Å². The van der Waals surface area contributed by atoms with Crippen LogP contribution in [-0.2, 0) is 25.7 Å². The second kappa shape index (κ2) is 14.5. The van der Waals surface area contributed by atoms with Gasteiger partial charge in [0.2, 0.25) is 23.4 Å². The lowest BCUT2D eigenvalue weighted by Gasteiger charge is -2.25. The standard InChI is InChI=1S/C28H31F4N3O6/c1-15(2)10-21(35-28(39)41-13-16-6-4-3-5-7-16)27(38)34-20(11-17-8-9-33-26(17)37)22(36)14-40-25-23(31)18(29)12-19(30)24(25)32/h3-7,12,15,17,20-21H,8-11,13-14H2,1-2H3,(H,33,37)(H,34,38)(H,35,39)/t17-,20-,21-/m0/s1. The van der Waals surface area contributed by atoms with Crippen molar-refractivity contribution in [2.45, 2.75) is 51.8 Å². The fourth-order valence-corrected chi connectivity index (χ4v) is 4.23. The monoisotopic (exact) mass is 581 g/mol. The van der Waals surface area contributed by atoms with Crippen molar-refractivity contribution in [1.29, 1.82) is 0 Å². The average Bonchev–Trinajstić information content (AvgIpc) is 3.34. The van der Waals surface area contributed by atoms with E-state index in [9.17, 15) is 36.7 Å². The minimum Gasteiger partial charge on any atom is -0.479 e. The fourth-order valence-electron chi connectivity index (χ4n) is 4.23. The summed E-state index contributed by atoms with van der Waals surface area (Å²) in [7, 11) is 0. The van der Waals surface area contributed by atoms with Crippen molar-refractivity contribution >= 4 is 23.7 Å². The van der Waals surface area contributed by atoms with Crippen LogP contribution in [0.4, 0.5) is 22.4 Å². The maximum Gasteiger partial charge on any atom is 0.408 e. The smallest absolute Gasteiger partial charge is 0.408 e. The lowest BCUT2D eigenvalue weighted by molar-refractivity contribution is -0.131. The number of carbonyl (C=O) groups excluding carboxylic acids is 4. The first-order chi connectivity index (χ1) is 19.5. The number of carbonyl (C=O) groups is 4. The second-order valence-corrected chi connectivity index (χ2v) is 10.0. The summed E-state index contributed by atoms with van der Waals surface area (Å²) in [6.45, 7) is 2.83. The van der Waals surface area contributed by atoms with Crippen LogP contribution >= 0.6 is 0 Å². The zero-order chi connectivity index (χ0) is 30.1. The molecule has 1 heterocycles. The summed E-state index contributed by atoms with van der Waals surface area (Å²) < 4.78 is 65.1. The number of rotatable bonds is 13. The summed E-state index contributed by atoms with van der Waals surface area (Å²) in [6, 6.07) is 6.30. The third-order valence-corrected chi connectivity index (χ3v) is 6.35. The van der Waals surface area contributed by atoms with Crippen LogP contribution in [0.1, 0.15) is 38.7 Å². The molecule has 0 aromatic heterocycles. The van der Waals surface area contributed by atoms with E-state index in [1.165, 1.54) is 0 Å². The second-order valence-electron chi connectivity index (χ2n) is 10.0. The summed E-state index contributed by atoms with van der Waals surface area (Å²) in [4.78, 5) is 50.9. The molecule has 2 aromatic carbocycles. The van der Waals surface area contributed by atoms with Gasteiger partial charge in [0, 0.05) is 18.5 Å². The van der Waals surface area contributed by atoms with E-state index in [2.05, 4.69) is 16.0 Å². The zero-order valence-corrected chi connectivity index (χ0v) is 22.5. The summed E-state index contributed by atoms with van der Waals surface area (Å²) >= 11 is 0. The Morgan fingerprint density at radius 3 is 2.24 bits per heavy atom. The van der Waals surface area contributed by atoms with E-state index in [4.69, 9.17) is 9.47 Å². The van der Waals surface area contributed by atoms with Crippen molar-refractivity contribution in [1.82, 2.24) is 16.0 Å². The molecule has 0 bridgehead atoms. The molecule has 1 aliphatic rings. The van der Waals surface area contributed by atoms with Crippen molar-refractivity contribution in [3.63, 3.8) is 0 Å². The van der Waals surface area contributed by atoms with Crippen molar-refractivity contribution < 1.29 is 46.2 Å². The van der Waals surface area contributed by atoms with Gasteiger partial charge < -0.3 is 25.4 Å². The number of hydrogen-bond donors (Lipinski definition) is 3. The van der Waals surface area contributed by atoms with E-state index in [0.29, 0.717) is 13.0 Å². The van der Waals surface area contributed by atoms with Crippen LogP contribution in [0.3, 0.4) is 0 Å². The minimum atomic E-state index is -1.83. The van der Waals surface area contributed by atoms with Crippen molar-refractivity contribution in [3.8, 4) is 5.75 Å². The van der Waals surface area contributed by atoms with Crippen LogP contribution < -0.4 is 20.7 Å². The van der Waals surface area contributed by atoms with Gasteiger partial charge in [-0.25, -0.2) is 13.6 Å². The number of ether oxygens (including phenoxy) is 2. The van der Waals surface area contributed by atoms with Gasteiger partial charge in [0.05, 0.1) is 6.04 Å². The Balaban J connectivity index is 1.72. The molecule has 3 N–H and O–H groups in total. The molecule has 0 radical (unpaired) electrons. The molecule has 2 aromatic rings. The predicted octanol–water partition coefficient (Wildman–Crippen LogP) is 3.54. The third-order valence-electron chi connectivity index (χ3n) is 6.35. The first-order valence-electron chi connectivity index (χ1n) is 13.0. The molecule has 41 heavy (non-hydrogen) atoms. The Morgan fingerprint density at radius 1 is 1.00 bits per heavy atom. The normalized spacial score (nSPS) is 16.1. The molecule has 9 nitrogen and oxygen atoms in total. The molecule has 0 aliphatic carbocycles. The summed E-state index contributed by atoms with van der Waals surface area (Å²) in [5.74, 6) is -11.3. The van der Waals surface area contributed by atoms with Crippen LogP contribution in [0, 0.1) is 35.1 Å². The van der Waals surface area contributed by atoms with Crippen LogP contribution in [0.25, 0.3) is 0 Å². The largest absolute Gasteiger partial charge is 0.479 e. The van der Waals surface area contributed by atoms with E-state index in [0.717, 1.165) is 5.56 Å². The molecule has 0 unspecified atom stereocenters. The van der Waals surface area contributed by atoms with Crippen LogP contribution in [0.5, 0.6) is 5.75 Å².